The number of rotatable bonds is 8. The molecule has 0 N–H and O–H groups in total. The van der Waals surface area contributed by atoms with Crippen molar-refractivity contribution in [2.75, 3.05) is 26.2 Å². The number of carbonyl (C=O) groups excluding carboxylic acids is 2. The number of amides is 1. The van der Waals surface area contributed by atoms with Crippen LogP contribution in [0.2, 0.25) is 0 Å². The van der Waals surface area contributed by atoms with Crippen LogP contribution in [0.5, 0.6) is 0 Å². The summed E-state index contributed by atoms with van der Waals surface area (Å²) in [6, 6.07) is 14.2. The lowest BCUT2D eigenvalue weighted by Crippen LogP contribution is -2.46. The molecule has 0 aromatic heterocycles. The van der Waals surface area contributed by atoms with Crippen molar-refractivity contribution in [3.63, 3.8) is 0 Å². The zero-order valence-corrected chi connectivity index (χ0v) is 20.3. The van der Waals surface area contributed by atoms with Gasteiger partial charge in [0.15, 0.2) is 0 Å². The largest absolute Gasteiger partial charge is 0.466 e. The number of piperidine rings is 1. The van der Waals surface area contributed by atoms with Gasteiger partial charge in [0, 0.05) is 19.6 Å². The van der Waals surface area contributed by atoms with E-state index < -0.39 is 10.0 Å². The van der Waals surface area contributed by atoms with E-state index in [2.05, 4.69) is 0 Å². The highest BCUT2D eigenvalue weighted by molar-refractivity contribution is 7.89. The number of likely N-dealkylation sites (tertiary alicyclic amines) is 1. The van der Waals surface area contributed by atoms with Gasteiger partial charge in [-0.1, -0.05) is 47.5 Å². The predicted molar refractivity (Wildman–Crippen MR) is 126 cm³/mol. The summed E-state index contributed by atoms with van der Waals surface area (Å²) >= 11 is 0. The minimum atomic E-state index is -3.88. The Bertz CT molecular complexity index is 1060. The minimum absolute atomic E-state index is 0.0987. The SMILES string of the molecule is CCOC(=O)C1CCN(C(=O)CN(Cc2ccc(C)cc2)S(=O)(=O)c2ccc(C)cc2)CC1. The molecule has 0 atom stereocenters. The third kappa shape index (κ3) is 6.42. The van der Waals surface area contributed by atoms with Crippen molar-refractivity contribution in [3.05, 3.63) is 65.2 Å². The second kappa shape index (κ2) is 10.9. The Labute approximate surface area is 196 Å². The molecule has 2 aromatic carbocycles. The first kappa shape index (κ1) is 24.9. The molecule has 8 heteroatoms. The predicted octanol–water partition coefficient (Wildman–Crippen LogP) is 3.30. The molecule has 0 bridgehead atoms. The van der Waals surface area contributed by atoms with Crippen LogP contribution < -0.4 is 0 Å². The molecule has 2 aromatic rings. The molecule has 1 amide bonds. The van der Waals surface area contributed by atoms with Gasteiger partial charge in [0.1, 0.15) is 0 Å². The van der Waals surface area contributed by atoms with Crippen LogP contribution in [0.3, 0.4) is 0 Å². The van der Waals surface area contributed by atoms with Crippen molar-refractivity contribution in [2.24, 2.45) is 5.92 Å². The van der Waals surface area contributed by atoms with Crippen molar-refractivity contribution >= 4 is 21.9 Å². The molecule has 1 heterocycles. The fourth-order valence-electron chi connectivity index (χ4n) is 3.86. The van der Waals surface area contributed by atoms with Crippen LogP contribution in [0.25, 0.3) is 0 Å². The van der Waals surface area contributed by atoms with Crippen molar-refractivity contribution in [1.82, 2.24) is 9.21 Å². The third-order valence-corrected chi connectivity index (χ3v) is 7.72. The molecule has 0 unspecified atom stereocenters. The quantitative estimate of drug-likeness (QED) is 0.551. The number of carbonyl (C=O) groups is 2. The number of sulfonamides is 1. The molecular formula is C25H32N2O5S. The number of hydrogen-bond acceptors (Lipinski definition) is 5. The Morgan fingerprint density at radius 2 is 1.52 bits per heavy atom. The van der Waals surface area contributed by atoms with Gasteiger partial charge in [-0.05, 0) is 51.3 Å². The van der Waals surface area contributed by atoms with E-state index in [0.717, 1.165) is 16.7 Å². The van der Waals surface area contributed by atoms with Gasteiger partial charge in [-0.2, -0.15) is 4.31 Å². The highest BCUT2D eigenvalue weighted by Gasteiger charge is 2.32. The fourth-order valence-corrected chi connectivity index (χ4v) is 5.24. The molecule has 0 spiro atoms. The van der Waals surface area contributed by atoms with Crippen LogP contribution in [0.1, 0.15) is 36.5 Å². The Hall–Kier alpha value is -2.71. The molecule has 1 fully saturated rings. The molecule has 1 aliphatic rings. The first-order chi connectivity index (χ1) is 15.7. The average molecular weight is 473 g/mol. The van der Waals surface area contributed by atoms with Crippen molar-refractivity contribution in [1.29, 1.82) is 0 Å². The number of esters is 1. The smallest absolute Gasteiger partial charge is 0.309 e. The highest BCUT2D eigenvalue weighted by Crippen LogP contribution is 2.22. The molecular weight excluding hydrogens is 440 g/mol. The molecule has 178 valence electrons. The molecule has 0 aliphatic carbocycles. The summed E-state index contributed by atoms with van der Waals surface area (Å²) in [5.74, 6) is -0.707. The molecule has 0 saturated carbocycles. The van der Waals surface area contributed by atoms with Crippen molar-refractivity contribution in [3.8, 4) is 0 Å². The van der Waals surface area contributed by atoms with E-state index >= 15 is 0 Å². The zero-order valence-electron chi connectivity index (χ0n) is 19.5. The second-order valence-corrected chi connectivity index (χ2v) is 10.4. The third-order valence-electron chi connectivity index (χ3n) is 5.92. The monoisotopic (exact) mass is 472 g/mol. The van der Waals surface area contributed by atoms with Gasteiger partial charge in [-0.3, -0.25) is 9.59 Å². The minimum Gasteiger partial charge on any atom is -0.466 e. The van der Waals surface area contributed by atoms with E-state index in [4.69, 9.17) is 4.74 Å². The van der Waals surface area contributed by atoms with Crippen molar-refractivity contribution in [2.45, 2.75) is 45.1 Å². The average Bonchev–Trinajstić information content (AvgIpc) is 2.80. The fraction of sp³-hybridized carbons (Fsp3) is 0.440. The van der Waals surface area contributed by atoms with Gasteiger partial charge in [0.25, 0.3) is 0 Å². The lowest BCUT2D eigenvalue weighted by molar-refractivity contribution is -0.151. The summed E-state index contributed by atoms with van der Waals surface area (Å²) in [7, 11) is -3.88. The Morgan fingerprint density at radius 3 is 2.06 bits per heavy atom. The van der Waals surface area contributed by atoms with Crippen LogP contribution in [0.15, 0.2) is 53.4 Å². The summed E-state index contributed by atoms with van der Waals surface area (Å²) in [6.45, 7) is 6.63. The summed E-state index contributed by atoms with van der Waals surface area (Å²) in [5.41, 5.74) is 2.84. The van der Waals surface area contributed by atoms with Gasteiger partial charge in [-0.25, -0.2) is 8.42 Å². The van der Waals surface area contributed by atoms with E-state index in [1.165, 1.54) is 4.31 Å². The van der Waals surface area contributed by atoms with Gasteiger partial charge in [0.2, 0.25) is 15.9 Å². The van der Waals surface area contributed by atoms with Crippen molar-refractivity contribution < 1.29 is 22.7 Å². The lowest BCUT2D eigenvalue weighted by Gasteiger charge is -2.32. The first-order valence-electron chi connectivity index (χ1n) is 11.3. The topological polar surface area (TPSA) is 84.0 Å². The standard InChI is InChI=1S/C25H32N2O5S/c1-4-32-25(29)22-13-15-26(16-14-22)24(28)18-27(17-21-9-5-19(2)6-10-21)33(30,31)23-11-7-20(3)8-12-23/h5-12,22H,4,13-18H2,1-3H3. The maximum atomic E-state index is 13.4. The van der Waals surface area contributed by atoms with Crippen LogP contribution in [0.4, 0.5) is 0 Å². The van der Waals surface area contributed by atoms with E-state index in [0.29, 0.717) is 32.5 Å². The van der Waals surface area contributed by atoms with Crippen LogP contribution in [0, 0.1) is 19.8 Å². The molecule has 1 saturated heterocycles. The van der Waals surface area contributed by atoms with Crippen LogP contribution in [-0.4, -0.2) is 55.7 Å². The second-order valence-electron chi connectivity index (χ2n) is 8.48. The number of hydrogen-bond donors (Lipinski definition) is 0. The summed E-state index contributed by atoms with van der Waals surface area (Å²) in [6.07, 6.45) is 1.04. The van der Waals surface area contributed by atoms with E-state index in [-0.39, 0.29) is 35.8 Å². The Balaban J connectivity index is 1.76. The molecule has 7 nitrogen and oxygen atoms in total. The lowest BCUT2D eigenvalue weighted by atomic mass is 9.97. The highest BCUT2D eigenvalue weighted by atomic mass is 32.2. The number of nitrogens with zero attached hydrogens (tertiary/aromatic N) is 2. The van der Waals surface area contributed by atoms with Gasteiger partial charge < -0.3 is 9.64 Å². The molecule has 1 aliphatic heterocycles. The summed E-state index contributed by atoms with van der Waals surface area (Å²) < 4.78 is 33.2. The normalized spacial score (nSPS) is 15.0. The number of benzene rings is 2. The summed E-state index contributed by atoms with van der Waals surface area (Å²) in [4.78, 5) is 26.9. The van der Waals surface area contributed by atoms with Gasteiger partial charge >= 0.3 is 5.97 Å². The zero-order chi connectivity index (χ0) is 24.0. The van der Waals surface area contributed by atoms with Crippen LogP contribution >= 0.6 is 0 Å². The van der Waals surface area contributed by atoms with E-state index in [9.17, 15) is 18.0 Å². The van der Waals surface area contributed by atoms with Gasteiger partial charge in [-0.15, -0.1) is 0 Å². The maximum Gasteiger partial charge on any atom is 0.309 e. The first-order valence-corrected chi connectivity index (χ1v) is 12.7. The molecule has 3 rings (SSSR count). The maximum absolute atomic E-state index is 13.4. The van der Waals surface area contributed by atoms with E-state index in [1.54, 1.807) is 36.1 Å². The molecule has 33 heavy (non-hydrogen) atoms. The Kier molecular flexibility index (Phi) is 8.26. The number of aryl methyl sites for hydroxylation is 2. The molecule has 0 radical (unpaired) electrons. The van der Waals surface area contributed by atoms with Crippen LogP contribution in [-0.2, 0) is 30.9 Å². The number of ether oxygens (including phenoxy) is 1. The Morgan fingerprint density at radius 1 is 0.970 bits per heavy atom. The van der Waals surface area contributed by atoms with E-state index in [1.807, 2.05) is 38.1 Å². The summed E-state index contributed by atoms with van der Waals surface area (Å²) in [5, 5.41) is 0. The van der Waals surface area contributed by atoms with Gasteiger partial charge in [0.05, 0.1) is 24.0 Å².